The van der Waals surface area contributed by atoms with E-state index in [0.717, 1.165) is 54.1 Å². The van der Waals surface area contributed by atoms with E-state index >= 15 is 0 Å². The molecule has 1 fully saturated rings. The van der Waals surface area contributed by atoms with E-state index in [1.165, 1.54) is 29.2 Å². The van der Waals surface area contributed by atoms with Crippen molar-refractivity contribution in [1.82, 2.24) is 10.2 Å². The van der Waals surface area contributed by atoms with Crippen LogP contribution in [-0.2, 0) is 26.2 Å². The number of nitrogens with zero attached hydrogens (tertiary/aromatic N) is 2. The van der Waals surface area contributed by atoms with Gasteiger partial charge in [-0.15, -0.1) is 0 Å². The van der Waals surface area contributed by atoms with Crippen molar-refractivity contribution in [3.63, 3.8) is 0 Å². The van der Waals surface area contributed by atoms with Gasteiger partial charge in [-0.1, -0.05) is 56.5 Å². The van der Waals surface area contributed by atoms with Crippen LogP contribution in [0, 0.1) is 5.82 Å². The molecule has 0 radical (unpaired) electrons. The number of halogens is 1. The number of rotatable bonds is 13. The van der Waals surface area contributed by atoms with Gasteiger partial charge < -0.3 is 15.0 Å². The highest BCUT2D eigenvalue weighted by atomic mass is 32.2. The Morgan fingerprint density at radius 3 is 2.19 bits per heavy atom. The number of hydrogen-bond acceptors (Lipinski definition) is 5. The highest BCUT2D eigenvalue weighted by Gasteiger charge is 2.34. The summed E-state index contributed by atoms with van der Waals surface area (Å²) in [5, 5.41) is 3.14. The maximum Gasteiger partial charge on any atom is 0.264 e. The molecule has 1 atom stereocenters. The van der Waals surface area contributed by atoms with Crippen LogP contribution in [0.25, 0.3) is 0 Å². The number of nitrogens with one attached hydrogen (secondary N) is 1. The van der Waals surface area contributed by atoms with Crippen molar-refractivity contribution >= 4 is 27.5 Å². The van der Waals surface area contributed by atoms with Crippen molar-refractivity contribution in [3.05, 3.63) is 90.2 Å². The van der Waals surface area contributed by atoms with Crippen LogP contribution in [0.1, 0.15) is 57.9 Å². The zero-order chi connectivity index (χ0) is 30.8. The van der Waals surface area contributed by atoms with E-state index < -0.39 is 34.3 Å². The summed E-state index contributed by atoms with van der Waals surface area (Å²) in [6.07, 6.45) is 5.37. The van der Waals surface area contributed by atoms with Crippen LogP contribution in [0.3, 0.4) is 0 Å². The Bertz CT molecular complexity index is 1440. The topological polar surface area (TPSA) is 96.0 Å². The Labute approximate surface area is 253 Å². The summed E-state index contributed by atoms with van der Waals surface area (Å²) < 4.78 is 48.2. The zero-order valence-corrected chi connectivity index (χ0v) is 25.6. The SMILES string of the molecule is CCOc1ccc(S(=O)(=O)N(CC(=O)N(Cc2ccccc2)[C@H](CC)C(=O)NC2CCCCC2)c2ccc(F)cc2)cc1. The summed E-state index contributed by atoms with van der Waals surface area (Å²) >= 11 is 0. The van der Waals surface area contributed by atoms with Gasteiger partial charge in [0.2, 0.25) is 11.8 Å². The molecule has 43 heavy (non-hydrogen) atoms. The second kappa shape index (κ2) is 15.0. The zero-order valence-electron chi connectivity index (χ0n) is 24.7. The van der Waals surface area contributed by atoms with Crippen LogP contribution in [0.4, 0.5) is 10.1 Å². The molecule has 1 aliphatic rings. The van der Waals surface area contributed by atoms with Crippen molar-refractivity contribution in [2.75, 3.05) is 17.5 Å². The van der Waals surface area contributed by atoms with E-state index in [4.69, 9.17) is 4.74 Å². The lowest BCUT2D eigenvalue weighted by Gasteiger charge is -2.34. The van der Waals surface area contributed by atoms with E-state index in [9.17, 15) is 22.4 Å². The molecule has 0 aromatic heterocycles. The van der Waals surface area contributed by atoms with Gasteiger partial charge in [-0.25, -0.2) is 12.8 Å². The van der Waals surface area contributed by atoms with Crippen molar-refractivity contribution in [3.8, 4) is 5.75 Å². The summed E-state index contributed by atoms with van der Waals surface area (Å²) in [6, 6.07) is 19.4. The average Bonchev–Trinajstić information content (AvgIpc) is 3.01. The van der Waals surface area contributed by atoms with E-state index in [0.29, 0.717) is 18.8 Å². The molecule has 0 heterocycles. The third-order valence-corrected chi connectivity index (χ3v) is 9.44. The smallest absolute Gasteiger partial charge is 0.264 e. The fourth-order valence-corrected chi connectivity index (χ4v) is 6.80. The van der Waals surface area contributed by atoms with E-state index in [-0.39, 0.29) is 29.1 Å². The maximum absolute atomic E-state index is 14.2. The average molecular weight is 610 g/mol. The minimum Gasteiger partial charge on any atom is -0.494 e. The van der Waals surface area contributed by atoms with Crippen LogP contribution >= 0.6 is 0 Å². The second-order valence-electron chi connectivity index (χ2n) is 10.7. The molecule has 0 bridgehead atoms. The molecule has 3 aromatic carbocycles. The van der Waals surface area contributed by atoms with Crippen molar-refractivity contribution < 1.29 is 27.1 Å². The minimum atomic E-state index is -4.27. The lowest BCUT2D eigenvalue weighted by molar-refractivity contribution is -0.140. The van der Waals surface area contributed by atoms with Crippen molar-refractivity contribution in [2.24, 2.45) is 0 Å². The molecule has 2 amide bonds. The van der Waals surface area contributed by atoms with Gasteiger partial charge in [0.15, 0.2) is 0 Å². The molecular weight excluding hydrogens is 569 g/mol. The standard InChI is InChI=1S/C33H40FN3O5S/c1-3-31(33(39)35-27-13-9-6-10-14-27)36(23-25-11-7-5-8-12-25)32(38)24-37(28-17-15-26(34)16-18-28)43(40,41)30-21-19-29(20-22-30)42-4-2/h5,7-8,11-12,15-22,27,31H,3-4,6,9-10,13-14,23-24H2,1-2H3,(H,35,39)/t31-/m1/s1. The monoisotopic (exact) mass is 609 g/mol. The molecule has 230 valence electrons. The highest BCUT2D eigenvalue weighted by Crippen LogP contribution is 2.27. The predicted molar refractivity (Wildman–Crippen MR) is 165 cm³/mol. The molecule has 0 aliphatic heterocycles. The van der Waals surface area contributed by atoms with Crippen molar-refractivity contribution in [1.29, 1.82) is 0 Å². The Hall–Kier alpha value is -3.92. The number of benzene rings is 3. The fourth-order valence-electron chi connectivity index (χ4n) is 5.38. The first kappa shape index (κ1) is 32.0. The lowest BCUT2D eigenvalue weighted by atomic mass is 9.95. The number of anilines is 1. The van der Waals surface area contributed by atoms with E-state index in [1.54, 1.807) is 12.1 Å². The molecule has 10 heteroatoms. The van der Waals surface area contributed by atoms with Crippen LogP contribution in [0.2, 0.25) is 0 Å². The lowest BCUT2D eigenvalue weighted by Crippen LogP contribution is -2.54. The summed E-state index contributed by atoms with van der Waals surface area (Å²) in [7, 11) is -4.27. The summed E-state index contributed by atoms with van der Waals surface area (Å²) in [6.45, 7) is 3.63. The molecule has 4 rings (SSSR count). The molecule has 3 aromatic rings. The number of hydrogen-bond donors (Lipinski definition) is 1. The number of carbonyl (C=O) groups is 2. The molecule has 1 saturated carbocycles. The number of carbonyl (C=O) groups excluding carboxylic acids is 2. The molecule has 0 spiro atoms. The Balaban J connectivity index is 1.68. The van der Waals surface area contributed by atoms with Crippen LogP contribution in [-0.4, -0.2) is 50.4 Å². The first-order valence-corrected chi connectivity index (χ1v) is 16.3. The van der Waals surface area contributed by atoms with Crippen LogP contribution in [0.15, 0.2) is 83.8 Å². The van der Waals surface area contributed by atoms with Gasteiger partial charge in [0, 0.05) is 12.6 Å². The van der Waals surface area contributed by atoms with Gasteiger partial charge in [0.25, 0.3) is 10.0 Å². The molecule has 1 aliphatic carbocycles. The third kappa shape index (κ3) is 8.34. The van der Waals surface area contributed by atoms with Gasteiger partial charge >= 0.3 is 0 Å². The van der Waals surface area contributed by atoms with E-state index in [2.05, 4.69) is 5.32 Å². The highest BCUT2D eigenvalue weighted by molar-refractivity contribution is 7.92. The molecule has 0 unspecified atom stereocenters. The minimum absolute atomic E-state index is 0.0511. The first-order valence-electron chi connectivity index (χ1n) is 14.9. The Morgan fingerprint density at radius 1 is 0.930 bits per heavy atom. The normalized spacial score (nSPS) is 14.5. The predicted octanol–water partition coefficient (Wildman–Crippen LogP) is 5.68. The summed E-state index contributed by atoms with van der Waals surface area (Å²) in [5.41, 5.74) is 0.936. The summed E-state index contributed by atoms with van der Waals surface area (Å²) in [5.74, 6) is -0.825. The Kier molecular flexibility index (Phi) is 11.2. The van der Waals surface area contributed by atoms with Gasteiger partial charge in [-0.05, 0) is 80.3 Å². The van der Waals surface area contributed by atoms with E-state index in [1.807, 2.05) is 44.2 Å². The first-order chi connectivity index (χ1) is 20.7. The summed E-state index contributed by atoms with van der Waals surface area (Å²) in [4.78, 5) is 29.1. The van der Waals surface area contributed by atoms with Gasteiger partial charge in [0.1, 0.15) is 24.2 Å². The molecular formula is C33H40FN3O5S. The van der Waals surface area contributed by atoms with Gasteiger partial charge in [-0.2, -0.15) is 0 Å². The largest absolute Gasteiger partial charge is 0.494 e. The number of amides is 2. The quantitative estimate of drug-likeness (QED) is 0.269. The molecule has 1 N–H and O–H groups in total. The van der Waals surface area contributed by atoms with Crippen LogP contribution < -0.4 is 14.4 Å². The second-order valence-corrected chi connectivity index (χ2v) is 12.5. The van der Waals surface area contributed by atoms with Crippen LogP contribution in [0.5, 0.6) is 5.75 Å². The number of ether oxygens (including phenoxy) is 1. The number of sulfonamides is 1. The van der Waals surface area contributed by atoms with Crippen molar-refractivity contribution in [2.45, 2.75) is 75.9 Å². The fraction of sp³-hybridized carbons (Fsp3) is 0.394. The molecule has 8 nitrogen and oxygen atoms in total. The Morgan fingerprint density at radius 2 is 1.58 bits per heavy atom. The van der Waals surface area contributed by atoms with Gasteiger partial charge in [-0.3, -0.25) is 13.9 Å². The molecule has 0 saturated heterocycles. The van der Waals surface area contributed by atoms with Gasteiger partial charge in [0.05, 0.1) is 17.2 Å². The third-order valence-electron chi connectivity index (χ3n) is 7.65. The maximum atomic E-state index is 14.2.